The van der Waals surface area contributed by atoms with Gasteiger partial charge in [0.05, 0.1) is 6.61 Å². The van der Waals surface area contributed by atoms with Gasteiger partial charge in [0.15, 0.2) is 5.78 Å². The van der Waals surface area contributed by atoms with Gasteiger partial charge >= 0.3 is 5.97 Å². The van der Waals surface area contributed by atoms with E-state index in [1.54, 1.807) is 12.1 Å². The lowest BCUT2D eigenvalue weighted by Crippen LogP contribution is -2.15. The van der Waals surface area contributed by atoms with Crippen LogP contribution < -0.4 is 9.47 Å². The summed E-state index contributed by atoms with van der Waals surface area (Å²) in [5.74, 6) is 1.93. The third-order valence-corrected chi connectivity index (χ3v) is 9.37. The van der Waals surface area contributed by atoms with Gasteiger partial charge in [-0.15, -0.1) is 0 Å². The lowest BCUT2D eigenvalue weighted by atomic mass is 9.77. The van der Waals surface area contributed by atoms with Crippen LogP contribution in [0.1, 0.15) is 171 Å². The summed E-state index contributed by atoms with van der Waals surface area (Å²) in [7, 11) is 0. The predicted molar refractivity (Wildman–Crippen MR) is 183 cm³/mol. The molecule has 1 aliphatic carbocycles. The van der Waals surface area contributed by atoms with E-state index in [-0.39, 0.29) is 12.2 Å². The SMILES string of the molecule is CCCCCCCCCCCCCCCCOc1ccc(OC(=O)CC(=O)c2ccc(C3CCC(CCC)CC3)cc2)cc1. The summed E-state index contributed by atoms with van der Waals surface area (Å²) in [6, 6.07) is 15.0. The molecule has 0 N–H and O–H groups in total. The van der Waals surface area contributed by atoms with Gasteiger partial charge in [-0.25, -0.2) is 0 Å². The molecule has 0 bridgehead atoms. The van der Waals surface area contributed by atoms with Crippen molar-refractivity contribution in [3.8, 4) is 11.5 Å². The first-order valence-electron chi connectivity index (χ1n) is 18.2. The van der Waals surface area contributed by atoms with Gasteiger partial charge in [-0.1, -0.05) is 134 Å². The molecule has 0 radical (unpaired) electrons. The van der Waals surface area contributed by atoms with Crippen LogP contribution in [0.25, 0.3) is 0 Å². The quantitative estimate of drug-likeness (QED) is 0.0416. The van der Waals surface area contributed by atoms with Gasteiger partial charge in [-0.3, -0.25) is 9.59 Å². The summed E-state index contributed by atoms with van der Waals surface area (Å²) in [6.45, 7) is 5.24. The molecule has 0 spiro atoms. The van der Waals surface area contributed by atoms with Crippen molar-refractivity contribution >= 4 is 11.8 Å². The number of esters is 1. The number of hydrogen-bond donors (Lipinski definition) is 0. The number of Topliss-reactive ketones (excluding diaryl/α,β-unsaturated/α-hetero) is 1. The number of carbonyl (C=O) groups excluding carboxylic acids is 2. The van der Waals surface area contributed by atoms with E-state index in [2.05, 4.69) is 26.0 Å². The van der Waals surface area contributed by atoms with Crippen LogP contribution in [0.4, 0.5) is 0 Å². The monoisotopic (exact) mass is 604 g/mol. The molecule has 1 fully saturated rings. The molecule has 1 saturated carbocycles. The minimum absolute atomic E-state index is 0.207. The Hall–Kier alpha value is -2.62. The molecule has 2 aromatic rings. The highest BCUT2D eigenvalue weighted by molar-refractivity contribution is 6.06. The maximum atomic E-state index is 12.7. The summed E-state index contributed by atoms with van der Waals surface area (Å²) in [6.07, 6.45) is 26.2. The average molecular weight is 605 g/mol. The third kappa shape index (κ3) is 14.4. The highest BCUT2D eigenvalue weighted by atomic mass is 16.5. The number of hydrogen-bond acceptors (Lipinski definition) is 4. The normalized spacial score (nSPS) is 16.5. The van der Waals surface area contributed by atoms with E-state index in [0.717, 1.165) is 18.1 Å². The predicted octanol–water partition coefficient (Wildman–Crippen LogP) is 11.8. The number of ketones is 1. The molecule has 0 aliphatic heterocycles. The molecular formula is C40H60O4. The lowest BCUT2D eigenvalue weighted by Gasteiger charge is -2.28. The van der Waals surface area contributed by atoms with Crippen molar-refractivity contribution in [2.45, 2.75) is 155 Å². The van der Waals surface area contributed by atoms with E-state index < -0.39 is 5.97 Å². The Kier molecular flexibility index (Phi) is 17.9. The van der Waals surface area contributed by atoms with Gasteiger partial charge in [-0.05, 0) is 73.8 Å². The molecule has 3 rings (SSSR count). The molecule has 0 amide bonds. The number of ether oxygens (including phenoxy) is 2. The van der Waals surface area contributed by atoms with Crippen LogP contribution in [0.3, 0.4) is 0 Å². The fourth-order valence-corrected chi connectivity index (χ4v) is 6.63. The summed E-state index contributed by atoms with van der Waals surface area (Å²) in [5.41, 5.74) is 1.88. The molecule has 4 heteroatoms. The van der Waals surface area contributed by atoms with Crippen molar-refractivity contribution in [3.05, 3.63) is 59.7 Å². The number of benzene rings is 2. The fraction of sp³-hybridized carbons (Fsp3) is 0.650. The summed E-state index contributed by atoms with van der Waals surface area (Å²) in [4.78, 5) is 25.1. The van der Waals surface area contributed by atoms with Gasteiger partial charge in [0.2, 0.25) is 0 Å². The third-order valence-electron chi connectivity index (χ3n) is 9.37. The number of rotatable bonds is 23. The van der Waals surface area contributed by atoms with Gasteiger partial charge in [-0.2, -0.15) is 0 Å². The molecule has 0 unspecified atom stereocenters. The van der Waals surface area contributed by atoms with Crippen LogP contribution >= 0.6 is 0 Å². The Balaban J connectivity index is 1.22. The molecule has 4 nitrogen and oxygen atoms in total. The summed E-state index contributed by atoms with van der Waals surface area (Å²) in [5, 5.41) is 0. The van der Waals surface area contributed by atoms with Crippen LogP contribution in [-0.4, -0.2) is 18.4 Å². The Morgan fingerprint density at radius 2 is 1.14 bits per heavy atom. The number of carbonyl (C=O) groups is 2. The zero-order valence-electron chi connectivity index (χ0n) is 28.0. The van der Waals surface area contributed by atoms with Crippen LogP contribution in [-0.2, 0) is 4.79 Å². The van der Waals surface area contributed by atoms with Gasteiger partial charge in [0.25, 0.3) is 0 Å². The molecule has 44 heavy (non-hydrogen) atoms. The van der Waals surface area contributed by atoms with Gasteiger partial charge in [0, 0.05) is 5.56 Å². The first-order chi connectivity index (χ1) is 21.6. The molecule has 0 heterocycles. The molecule has 2 aromatic carbocycles. The first kappa shape index (κ1) is 35.9. The standard InChI is InChI=1S/C40H60O4/c1-3-5-6-7-8-9-10-11-12-13-14-15-16-17-31-43-37-27-29-38(30-28-37)44-40(42)32-39(41)36-25-23-35(24-26-36)34-21-19-33(18-4-2)20-22-34/h23-30,33-34H,3-22,31-32H2,1-2H3. The van der Waals surface area contributed by atoms with E-state index in [0.29, 0.717) is 23.8 Å². The summed E-state index contributed by atoms with van der Waals surface area (Å²) >= 11 is 0. The van der Waals surface area contributed by atoms with E-state index >= 15 is 0 Å². The van der Waals surface area contributed by atoms with E-state index in [9.17, 15) is 9.59 Å². The Bertz CT molecular complexity index is 1030. The molecule has 0 saturated heterocycles. The molecule has 244 valence electrons. The number of unbranched alkanes of at least 4 members (excludes halogenated alkanes) is 13. The van der Waals surface area contributed by atoms with Crippen molar-refractivity contribution in [3.63, 3.8) is 0 Å². The maximum absolute atomic E-state index is 12.7. The zero-order chi connectivity index (χ0) is 31.2. The largest absolute Gasteiger partial charge is 0.494 e. The van der Waals surface area contributed by atoms with Crippen LogP contribution in [0.15, 0.2) is 48.5 Å². The van der Waals surface area contributed by atoms with Gasteiger partial charge in [0.1, 0.15) is 17.9 Å². The van der Waals surface area contributed by atoms with Crippen molar-refractivity contribution in [1.82, 2.24) is 0 Å². The van der Waals surface area contributed by atoms with E-state index in [1.165, 1.54) is 128 Å². The van der Waals surface area contributed by atoms with E-state index in [4.69, 9.17) is 9.47 Å². The van der Waals surface area contributed by atoms with Gasteiger partial charge < -0.3 is 9.47 Å². The Labute approximate surface area is 268 Å². The molecule has 0 aromatic heterocycles. The molecular weight excluding hydrogens is 544 g/mol. The molecule has 0 atom stereocenters. The van der Waals surface area contributed by atoms with Crippen molar-refractivity contribution in [1.29, 1.82) is 0 Å². The second-order valence-electron chi connectivity index (χ2n) is 13.1. The minimum atomic E-state index is -0.538. The smallest absolute Gasteiger partial charge is 0.319 e. The lowest BCUT2D eigenvalue weighted by molar-refractivity contribution is -0.133. The van der Waals surface area contributed by atoms with E-state index in [1.807, 2.05) is 24.3 Å². The van der Waals surface area contributed by atoms with Crippen molar-refractivity contribution < 1.29 is 19.1 Å². The fourth-order valence-electron chi connectivity index (χ4n) is 6.63. The highest BCUT2D eigenvalue weighted by Gasteiger charge is 2.22. The van der Waals surface area contributed by atoms with Crippen LogP contribution in [0.5, 0.6) is 11.5 Å². The second-order valence-corrected chi connectivity index (χ2v) is 13.1. The zero-order valence-corrected chi connectivity index (χ0v) is 28.0. The maximum Gasteiger partial charge on any atom is 0.319 e. The average Bonchev–Trinajstić information content (AvgIpc) is 3.04. The topological polar surface area (TPSA) is 52.6 Å². The first-order valence-corrected chi connectivity index (χ1v) is 18.2. The molecule has 1 aliphatic rings. The van der Waals surface area contributed by atoms with Crippen molar-refractivity contribution in [2.75, 3.05) is 6.61 Å². The summed E-state index contributed by atoms with van der Waals surface area (Å²) < 4.78 is 11.3. The van der Waals surface area contributed by atoms with Crippen LogP contribution in [0, 0.1) is 5.92 Å². The highest BCUT2D eigenvalue weighted by Crippen LogP contribution is 2.37. The van der Waals surface area contributed by atoms with Crippen LogP contribution in [0.2, 0.25) is 0 Å². The Morgan fingerprint density at radius 1 is 0.614 bits per heavy atom. The minimum Gasteiger partial charge on any atom is -0.494 e. The van der Waals surface area contributed by atoms with Crippen molar-refractivity contribution in [2.24, 2.45) is 5.92 Å². The second kappa shape index (κ2) is 22.0. The Morgan fingerprint density at radius 3 is 1.68 bits per heavy atom.